The van der Waals surface area contributed by atoms with Crippen LogP contribution in [-0.2, 0) is 0 Å². The third kappa shape index (κ3) is 3.80. The predicted octanol–water partition coefficient (Wildman–Crippen LogP) is 3.97. The predicted molar refractivity (Wildman–Crippen MR) is 85.3 cm³/mol. The third-order valence-corrected chi connectivity index (χ3v) is 4.79. The molecule has 0 saturated carbocycles. The van der Waals surface area contributed by atoms with Crippen molar-refractivity contribution in [2.24, 2.45) is 5.92 Å². The molecular weight excluding hydrogens is 319 g/mol. The highest BCUT2D eigenvalue weighted by molar-refractivity contribution is 9.10. The number of hydrogen-bond donors (Lipinski definition) is 1. The number of nitrogens with zero attached hydrogens (tertiary/aromatic N) is 1. The summed E-state index contributed by atoms with van der Waals surface area (Å²) in [6, 6.07) is 5.77. The van der Waals surface area contributed by atoms with Gasteiger partial charge in [-0.15, -0.1) is 0 Å². The molecule has 1 aromatic carbocycles. The van der Waals surface area contributed by atoms with Gasteiger partial charge in [-0.05, 0) is 56.1 Å². The molecular formula is C16H24BrFN2. The van der Waals surface area contributed by atoms with Crippen LogP contribution in [0.1, 0.15) is 38.3 Å². The Morgan fingerprint density at radius 1 is 1.45 bits per heavy atom. The van der Waals surface area contributed by atoms with Crippen LogP contribution in [0.25, 0.3) is 0 Å². The highest BCUT2D eigenvalue weighted by atomic mass is 79.9. The molecule has 0 bridgehead atoms. The summed E-state index contributed by atoms with van der Waals surface area (Å²) in [5.74, 6) is 0.368. The average molecular weight is 343 g/mol. The number of benzene rings is 1. The van der Waals surface area contributed by atoms with E-state index in [1.165, 1.54) is 18.9 Å². The Morgan fingerprint density at radius 3 is 2.90 bits per heavy atom. The van der Waals surface area contributed by atoms with Crippen LogP contribution in [0.15, 0.2) is 22.7 Å². The zero-order valence-corrected chi connectivity index (χ0v) is 14.1. The lowest BCUT2D eigenvalue weighted by molar-refractivity contribution is 0.117. The van der Waals surface area contributed by atoms with E-state index in [4.69, 9.17) is 0 Å². The number of nitrogens with one attached hydrogen (secondary N) is 1. The molecule has 1 aliphatic heterocycles. The summed E-state index contributed by atoms with van der Waals surface area (Å²) >= 11 is 3.59. The zero-order valence-electron chi connectivity index (χ0n) is 12.5. The molecule has 1 aromatic rings. The van der Waals surface area contributed by atoms with E-state index in [9.17, 15) is 4.39 Å². The number of hydrogen-bond acceptors (Lipinski definition) is 2. The summed E-state index contributed by atoms with van der Waals surface area (Å²) in [7, 11) is 2.14. The van der Waals surface area contributed by atoms with E-state index in [1.807, 2.05) is 6.07 Å². The molecule has 2 rings (SSSR count). The van der Waals surface area contributed by atoms with Crippen molar-refractivity contribution in [3.63, 3.8) is 0 Å². The minimum atomic E-state index is -0.155. The van der Waals surface area contributed by atoms with E-state index in [0.29, 0.717) is 12.0 Å². The number of piperidine rings is 1. The van der Waals surface area contributed by atoms with Crippen molar-refractivity contribution in [1.29, 1.82) is 0 Å². The number of likely N-dealkylation sites (tertiary alicyclic amines) is 1. The lowest BCUT2D eigenvalue weighted by atomic mass is 9.84. The molecule has 0 radical (unpaired) electrons. The van der Waals surface area contributed by atoms with Crippen molar-refractivity contribution >= 4 is 15.9 Å². The molecule has 1 fully saturated rings. The maximum atomic E-state index is 13.6. The monoisotopic (exact) mass is 342 g/mol. The minimum Gasteiger partial charge on any atom is -0.314 e. The highest BCUT2D eigenvalue weighted by Gasteiger charge is 2.31. The molecule has 2 atom stereocenters. The summed E-state index contributed by atoms with van der Waals surface area (Å²) in [4.78, 5) is 2.36. The summed E-state index contributed by atoms with van der Waals surface area (Å²) in [5.41, 5.74) is 1.07. The Labute approximate surface area is 129 Å². The Morgan fingerprint density at radius 2 is 2.20 bits per heavy atom. The molecule has 0 aliphatic carbocycles. The molecule has 1 saturated heterocycles. The SMILES string of the molecule is CC(C)NCC1CCCN(C)C1c1cc(F)ccc1Br. The molecule has 0 amide bonds. The van der Waals surface area contributed by atoms with Crippen molar-refractivity contribution < 1.29 is 4.39 Å². The second-order valence-electron chi connectivity index (χ2n) is 6.06. The van der Waals surface area contributed by atoms with Crippen LogP contribution in [-0.4, -0.2) is 31.1 Å². The van der Waals surface area contributed by atoms with Gasteiger partial charge in [-0.3, -0.25) is 4.90 Å². The van der Waals surface area contributed by atoms with Gasteiger partial charge < -0.3 is 5.32 Å². The van der Waals surface area contributed by atoms with Gasteiger partial charge in [-0.25, -0.2) is 4.39 Å². The molecule has 2 nitrogen and oxygen atoms in total. The van der Waals surface area contributed by atoms with E-state index < -0.39 is 0 Å². The van der Waals surface area contributed by atoms with Gasteiger partial charge in [0.15, 0.2) is 0 Å². The lowest BCUT2D eigenvalue weighted by Crippen LogP contribution is -2.42. The molecule has 1 heterocycles. The fourth-order valence-electron chi connectivity index (χ4n) is 3.09. The normalized spacial score (nSPS) is 24.3. The first kappa shape index (κ1) is 15.9. The molecule has 1 N–H and O–H groups in total. The molecule has 2 unspecified atom stereocenters. The first-order valence-corrected chi connectivity index (χ1v) is 8.17. The lowest BCUT2D eigenvalue weighted by Gasteiger charge is -2.40. The van der Waals surface area contributed by atoms with E-state index >= 15 is 0 Å². The first-order chi connectivity index (χ1) is 9.49. The van der Waals surface area contributed by atoms with Gasteiger partial charge in [0.25, 0.3) is 0 Å². The van der Waals surface area contributed by atoms with E-state index in [0.717, 1.165) is 23.1 Å². The van der Waals surface area contributed by atoms with Crippen LogP contribution in [0.4, 0.5) is 4.39 Å². The summed E-state index contributed by atoms with van der Waals surface area (Å²) in [6.07, 6.45) is 2.40. The van der Waals surface area contributed by atoms with Gasteiger partial charge in [-0.1, -0.05) is 29.8 Å². The van der Waals surface area contributed by atoms with Gasteiger partial charge in [-0.2, -0.15) is 0 Å². The van der Waals surface area contributed by atoms with Gasteiger partial charge in [0.1, 0.15) is 5.82 Å². The Hall–Kier alpha value is -0.450. The largest absolute Gasteiger partial charge is 0.314 e. The second kappa shape index (κ2) is 7.01. The number of halogens is 2. The fourth-order valence-corrected chi connectivity index (χ4v) is 3.57. The molecule has 0 spiro atoms. The molecule has 0 aromatic heterocycles. The van der Waals surface area contributed by atoms with Gasteiger partial charge in [0, 0.05) is 23.1 Å². The second-order valence-corrected chi connectivity index (χ2v) is 6.91. The average Bonchev–Trinajstić information content (AvgIpc) is 2.39. The van der Waals surface area contributed by atoms with Crippen molar-refractivity contribution in [3.05, 3.63) is 34.1 Å². The Balaban J connectivity index is 2.24. The quantitative estimate of drug-likeness (QED) is 0.890. The van der Waals surface area contributed by atoms with Crippen LogP contribution >= 0.6 is 15.9 Å². The minimum absolute atomic E-state index is 0.155. The Bertz CT molecular complexity index is 450. The molecule has 4 heteroatoms. The van der Waals surface area contributed by atoms with Crippen molar-refractivity contribution in [2.75, 3.05) is 20.1 Å². The van der Waals surface area contributed by atoms with Gasteiger partial charge in [0.2, 0.25) is 0 Å². The van der Waals surface area contributed by atoms with Gasteiger partial charge in [0.05, 0.1) is 0 Å². The van der Waals surface area contributed by atoms with Crippen molar-refractivity contribution in [1.82, 2.24) is 10.2 Å². The van der Waals surface area contributed by atoms with Crippen LogP contribution in [0, 0.1) is 11.7 Å². The van der Waals surface area contributed by atoms with E-state index in [2.05, 4.69) is 47.0 Å². The molecule has 20 heavy (non-hydrogen) atoms. The van der Waals surface area contributed by atoms with Crippen molar-refractivity contribution in [3.8, 4) is 0 Å². The highest BCUT2D eigenvalue weighted by Crippen LogP contribution is 2.38. The zero-order chi connectivity index (χ0) is 14.7. The van der Waals surface area contributed by atoms with E-state index in [1.54, 1.807) is 6.07 Å². The number of rotatable bonds is 4. The van der Waals surface area contributed by atoms with Crippen LogP contribution < -0.4 is 5.32 Å². The molecule has 112 valence electrons. The Kier molecular flexibility index (Phi) is 5.58. The smallest absolute Gasteiger partial charge is 0.123 e. The fraction of sp³-hybridized carbons (Fsp3) is 0.625. The summed E-state index contributed by atoms with van der Waals surface area (Å²) < 4.78 is 14.6. The van der Waals surface area contributed by atoms with Crippen molar-refractivity contribution in [2.45, 2.75) is 38.8 Å². The van der Waals surface area contributed by atoms with Crippen LogP contribution in [0.3, 0.4) is 0 Å². The maximum Gasteiger partial charge on any atom is 0.123 e. The maximum absolute atomic E-state index is 13.6. The standard InChI is InChI=1S/C16H24BrFN2/c1-11(2)19-10-12-5-4-8-20(3)16(12)14-9-13(18)6-7-15(14)17/h6-7,9,11-12,16,19H,4-5,8,10H2,1-3H3. The van der Waals surface area contributed by atoms with Crippen LogP contribution in [0.5, 0.6) is 0 Å². The summed E-state index contributed by atoms with van der Waals surface area (Å²) in [5, 5.41) is 3.53. The third-order valence-electron chi connectivity index (χ3n) is 4.07. The van der Waals surface area contributed by atoms with Crippen LogP contribution in [0.2, 0.25) is 0 Å². The summed E-state index contributed by atoms with van der Waals surface area (Å²) in [6.45, 7) is 6.39. The topological polar surface area (TPSA) is 15.3 Å². The molecule has 1 aliphatic rings. The van der Waals surface area contributed by atoms with Gasteiger partial charge >= 0.3 is 0 Å². The first-order valence-electron chi connectivity index (χ1n) is 7.37. The van der Waals surface area contributed by atoms with E-state index in [-0.39, 0.29) is 11.9 Å².